The Balaban J connectivity index is 1.44. The van der Waals surface area contributed by atoms with Gasteiger partial charge in [-0.2, -0.15) is 0 Å². The van der Waals surface area contributed by atoms with E-state index < -0.39 is 0 Å². The van der Waals surface area contributed by atoms with Gasteiger partial charge < -0.3 is 14.8 Å². The number of carbonyl (C=O) groups is 1. The van der Waals surface area contributed by atoms with E-state index in [2.05, 4.69) is 17.4 Å². The number of methoxy groups -OCH3 is 1. The second-order valence-electron chi connectivity index (χ2n) is 6.41. The van der Waals surface area contributed by atoms with Crippen molar-refractivity contribution in [2.45, 2.75) is 12.8 Å². The monoisotopic (exact) mass is 375 g/mol. The van der Waals surface area contributed by atoms with Crippen LogP contribution in [0.25, 0.3) is 11.1 Å². The molecule has 28 heavy (non-hydrogen) atoms. The van der Waals surface area contributed by atoms with Crippen LogP contribution in [0.3, 0.4) is 0 Å². The van der Waals surface area contributed by atoms with Crippen molar-refractivity contribution < 1.29 is 14.3 Å². The van der Waals surface area contributed by atoms with Gasteiger partial charge in [0.1, 0.15) is 18.1 Å². The summed E-state index contributed by atoms with van der Waals surface area (Å²) in [6.07, 6.45) is 1.12. The number of amides is 1. The van der Waals surface area contributed by atoms with Crippen molar-refractivity contribution in [1.82, 2.24) is 5.32 Å². The smallest absolute Gasteiger partial charge is 0.220 e. The molecule has 0 radical (unpaired) electrons. The number of aryl methyl sites for hydroxylation is 1. The average Bonchev–Trinajstić information content (AvgIpc) is 2.76. The quantitative estimate of drug-likeness (QED) is 0.561. The summed E-state index contributed by atoms with van der Waals surface area (Å²) in [5.41, 5.74) is 3.25. The Morgan fingerprint density at radius 3 is 2.54 bits per heavy atom. The van der Waals surface area contributed by atoms with Crippen LogP contribution >= 0.6 is 0 Å². The van der Waals surface area contributed by atoms with E-state index in [-0.39, 0.29) is 5.91 Å². The number of benzene rings is 3. The summed E-state index contributed by atoms with van der Waals surface area (Å²) in [4.78, 5) is 12.1. The van der Waals surface area contributed by atoms with Crippen molar-refractivity contribution in [3.05, 3.63) is 84.4 Å². The Morgan fingerprint density at radius 2 is 1.71 bits per heavy atom. The third kappa shape index (κ3) is 5.61. The van der Waals surface area contributed by atoms with E-state index in [9.17, 15) is 4.79 Å². The first-order valence-electron chi connectivity index (χ1n) is 9.43. The van der Waals surface area contributed by atoms with Crippen LogP contribution < -0.4 is 14.8 Å². The predicted molar refractivity (Wildman–Crippen MR) is 112 cm³/mol. The number of carbonyl (C=O) groups excluding carboxylic acids is 1. The molecule has 4 nitrogen and oxygen atoms in total. The zero-order valence-corrected chi connectivity index (χ0v) is 16.1. The van der Waals surface area contributed by atoms with Gasteiger partial charge >= 0.3 is 0 Å². The largest absolute Gasteiger partial charge is 0.497 e. The normalized spacial score (nSPS) is 10.3. The number of ether oxygens (including phenoxy) is 2. The molecule has 0 aromatic heterocycles. The van der Waals surface area contributed by atoms with E-state index >= 15 is 0 Å². The number of hydrogen-bond acceptors (Lipinski definition) is 3. The Morgan fingerprint density at radius 1 is 0.929 bits per heavy atom. The standard InChI is InChI=1S/C24H25NO3/c1-27-21-11-7-8-19(18-21)14-15-24(26)25-16-17-28-23-13-6-5-12-22(23)20-9-3-2-4-10-20/h2-13,18H,14-17H2,1H3,(H,25,26). The molecule has 3 aromatic carbocycles. The molecule has 1 N–H and O–H groups in total. The Kier molecular flexibility index (Phi) is 7.08. The molecule has 3 rings (SSSR count). The molecule has 0 spiro atoms. The minimum atomic E-state index is 0.0164. The molecule has 0 bridgehead atoms. The van der Waals surface area contributed by atoms with Gasteiger partial charge in [-0.25, -0.2) is 0 Å². The van der Waals surface area contributed by atoms with Gasteiger partial charge in [0.25, 0.3) is 0 Å². The van der Waals surface area contributed by atoms with Crippen molar-refractivity contribution in [3.63, 3.8) is 0 Å². The average molecular weight is 375 g/mol. The number of nitrogens with one attached hydrogen (secondary N) is 1. The third-order valence-electron chi connectivity index (χ3n) is 4.43. The van der Waals surface area contributed by atoms with Gasteiger partial charge in [0, 0.05) is 12.0 Å². The first kappa shape index (κ1) is 19.5. The molecule has 0 unspecified atom stereocenters. The molecule has 3 aromatic rings. The number of hydrogen-bond donors (Lipinski definition) is 1. The van der Waals surface area contributed by atoms with E-state index in [1.165, 1.54) is 0 Å². The lowest BCUT2D eigenvalue weighted by atomic mass is 10.1. The highest BCUT2D eigenvalue weighted by atomic mass is 16.5. The number of rotatable bonds is 9. The maximum Gasteiger partial charge on any atom is 0.220 e. The lowest BCUT2D eigenvalue weighted by molar-refractivity contribution is -0.121. The molecular formula is C24H25NO3. The fraction of sp³-hybridized carbons (Fsp3) is 0.208. The predicted octanol–water partition coefficient (Wildman–Crippen LogP) is 4.49. The molecule has 0 atom stereocenters. The zero-order valence-electron chi connectivity index (χ0n) is 16.1. The lowest BCUT2D eigenvalue weighted by Crippen LogP contribution is -2.28. The molecule has 0 aliphatic carbocycles. The van der Waals surface area contributed by atoms with Crippen molar-refractivity contribution >= 4 is 5.91 Å². The van der Waals surface area contributed by atoms with Gasteiger partial charge in [-0.05, 0) is 35.7 Å². The summed E-state index contributed by atoms with van der Waals surface area (Å²) in [6, 6.07) is 25.9. The lowest BCUT2D eigenvalue weighted by Gasteiger charge is -2.12. The van der Waals surface area contributed by atoms with E-state index in [0.29, 0.717) is 26.0 Å². The summed E-state index contributed by atoms with van der Waals surface area (Å²) in [5.74, 6) is 1.64. The molecule has 4 heteroatoms. The summed E-state index contributed by atoms with van der Waals surface area (Å²) in [6.45, 7) is 0.898. The molecule has 0 saturated heterocycles. The summed E-state index contributed by atoms with van der Waals surface area (Å²) in [7, 11) is 1.64. The molecule has 0 aliphatic rings. The van der Waals surface area contributed by atoms with Gasteiger partial charge in [0.05, 0.1) is 13.7 Å². The highest BCUT2D eigenvalue weighted by Gasteiger charge is 2.06. The highest BCUT2D eigenvalue weighted by Crippen LogP contribution is 2.29. The minimum absolute atomic E-state index is 0.0164. The fourth-order valence-corrected chi connectivity index (χ4v) is 2.97. The summed E-state index contributed by atoms with van der Waals surface area (Å²) < 4.78 is 11.1. The van der Waals surface area contributed by atoms with Gasteiger partial charge in [-0.3, -0.25) is 4.79 Å². The Labute approximate surface area is 166 Å². The van der Waals surface area contributed by atoms with Crippen molar-refractivity contribution in [2.24, 2.45) is 0 Å². The van der Waals surface area contributed by atoms with E-state index in [1.807, 2.05) is 66.7 Å². The second kappa shape index (κ2) is 10.2. The van der Waals surface area contributed by atoms with Crippen molar-refractivity contribution in [2.75, 3.05) is 20.3 Å². The highest BCUT2D eigenvalue weighted by molar-refractivity contribution is 5.76. The van der Waals surface area contributed by atoms with Crippen LogP contribution in [0.1, 0.15) is 12.0 Å². The number of para-hydroxylation sites is 1. The van der Waals surface area contributed by atoms with Crippen LogP contribution in [-0.2, 0) is 11.2 Å². The van der Waals surface area contributed by atoms with Crippen LogP contribution in [0, 0.1) is 0 Å². The topological polar surface area (TPSA) is 47.6 Å². The van der Waals surface area contributed by atoms with Gasteiger partial charge in [0.2, 0.25) is 5.91 Å². The Bertz CT molecular complexity index is 893. The summed E-state index contributed by atoms with van der Waals surface area (Å²) in [5, 5.41) is 2.92. The van der Waals surface area contributed by atoms with Crippen LogP contribution in [0.2, 0.25) is 0 Å². The third-order valence-corrected chi connectivity index (χ3v) is 4.43. The van der Waals surface area contributed by atoms with E-state index in [1.54, 1.807) is 7.11 Å². The van der Waals surface area contributed by atoms with E-state index in [0.717, 1.165) is 28.2 Å². The zero-order chi connectivity index (χ0) is 19.6. The van der Waals surface area contributed by atoms with E-state index in [4.69, 9.17) is 9.47 Å². The maximum atomic E-state index is 12.1. The molecule has 0 saturated carbocycles. The molecular weight excluding hydrogens is 350 g/mol. The van der Waals surface area contributed by atoms with Crippen LogP contribution in [0.4, 0.5) is 0 Å². The Hall–Kier alpha value is -3.27. The molecule has 0 aliphatic heterocycles. The first-order chi connectivity index (χ1) is 13.8. The molecule has 144 valence electrons. The van der Waals surface area contributed by atoms with Crippen LogP contribution in [0.5, 0.6) is 11.5 Å². The van der Waals surface area contributed by atoms with Gasteiger partial charge in [-0.1, -0.05) is 60.7 Å². The molecule has 1 amide bonds. The van der Waals surface area contributed by atoms with Crippen LogP contribution in [-0.4, -0.2) is 26.2 Å². The minimum Gasteiger partial charge on any atom is -0.497 e. The van der Waals surface area contributed by atoms with Crippen LogP contribution in [0.15, 0.2) is 78.9 Å². The SMILES string of the molecule is COc1cccc(CCC(=O)NCCOc2ccccc2-c2ccccc2)c1. The first-order valence-corrected chi connectivity index (χ1v) is 9.43. The van der Waals surface area contributed by atoms with Crippen molar-refractivity contribution in [1.29, 1.82) is 0 Å². The van der Waals surface area contributed by atoms with Gasteiger partial charge in [-0.15, -0.1) is 0 Å². The van der Waals surface area contributed by atoms with Crippen molar-refractivity contribution in [3.8, 4) is 22.6 Å². The second-order valence-corrected chi connectivity index (χ2v) is 6.41. The fourth-order valence-electron chi connectivity index (χ4n) is 2.97. The molecule has 0 fully saturated rings. The summed E-state index contributed by atoms with van der Waals surface area (Å²) >= 11 is 0. The molecule has 0 heterocycles. The maximum absolute atomic E-state index is 12.1. The van der Waals surface area contributed by atoms with Gasteiger partial charge in [0.15, 0.2) is 0 Å².